The van der Waals surface area contributed by atoms with Gasteiger partial charge in [-0.2, -0.15) is 0 Å². The number of halogens is 1. The maximum absolute atomic E-state index is 11.4. The van der Waals surface area contributed by atoms with Gasteiger partial charge in [0.25, 0.3) is 5.91 Å². The summed E-state index contributed by atoms with van der Waals surface area (Å²) in [5.74, 6) is 3.96. The monoisotopic (exact) mass is 254 g/mol. The summed E-state index contributed by atoms with van der Waals surface area (Å²) in [5, 5.41) is 9.84. The molecule has 0 spiro atoms. The molecular weight excluding hydrogens is 248 g/mol. The molecule has 6 nitrogen and oxygen atoms in total. The number of phenols is 1. The van der Waals surface area contributed by atoms with Crippen molar-refractivity contribution in [1.29, 1.82) is 0 Å². The van der Waals surface area contributed by atoms with Gasteiger partial charge in [-0.1, -0.05) is 11.6 Å². The van der Waals surface area contributed by atoms with E-state index in [4.69, 9.17) is 21.9 Å². The van der Waals surface area contributed by atoms with Gasteiger partial charge in [0.2, 0.25) is 0 Å². The van der Waals surface area contributed by atoms with Crippen molar-refractivity contribution in [1.82, 2.24) is 5.43 Å². The first-order valence-corrected chi connectivity index (χ1v) is 4.88. The number of amides is 1. The molecule has 0 atom stereocenters. The Morgan fingerprint density at radius 3 is 2.76 bits per heavy atom. The number of carbonyl (C=O) groups is 1. The predicted molar refractivity (Wildman–Crippen MR) is 60.8 cm³/mol. The molecule has 0 bridgehead atoms. The minimum atomic E-state index is -0.845. The molecule has 2 rings (SSSR count). The van der Waals surface area contributed by atoms with Crippen LogP contribution in [0.25, 0.3) is 11.0 Å². The minimum Gasteiger partial charge on any atom is -0.506 e. The molecule has 0 saturated heterocycles. The van der Waals surface area contributed by atoms with Crippen molar-refractivity contribution >= 4 is 28.5 Å². The van der Waals surface area contributed by atoms with Gasteiger partial charge in [-0.15, -0.1) is 0 Å². The summed E-state index contributed by atoms with van der Waals surface area (Å²) >= 11 is 5.70. The fraction of sp³-hybridized carbons (Fsp3) is 0. The SMILES string of the molecule is NNC(=O)c1cc2cc(Cl)c(O)cc2oc1=O. The molecule has 1 aromatic carbocycles. The standard InChI is InChI=1S/C10H7ClN2O4/c11-6-2-4-1-5(9(15)13-12)10(16)17-8(4)3-7(6)14/h1-3,14H,12H2,(H,13,15). The smallest absolute Gasteiger partial charge is 0.349 e. The van der Waals surface area contributed by atoms with Crippen molar-refractivity contribution in [3.8, 4) is 5.75 Å². The highest BCUT2D eigenvalue weighted by molar-refractivity contribution is 6.32. The molecular formula is C10H7ClN2O4. The molecule has 0 unspecified atom stereocenters. The first-order valence-electron chi connectivity index (χ1n) is 4.50. The van der Waals surface area contributed by atoms with Crippen LogP contribution in [0.2, 0.25) is 5.02 Å². The topological polar surface area (TPSA) is 106 Å². The van der Waals surface area contributed by atoms with Crippen LogP contribution in [0.4, 0.5) is 0 Å². The second-order valence-corrected chi connectivity index (χ2v) is 3.67. The number of hydrogen-bond acceptors (Lipinski definition) is 5. The molecule has 88 valence electrons. The van der Waals surface area contributed by atoms with Gasteiger partial charge in [-0.05, 0) is 12.1 Å². The number of hydrogen-bond donors (Lipinski definition) is 3. The van der Waals surface area contributed by atoms with E-state index in [1.807, 2.05) is 5.43 Å². The number of aromatic hydroxyl groups is 1. The van der Waals surface area contributed by atoms with Gasteiger partial charge in [0.1, 0.15) is 16.9 Å². The van der Waals surface area contributed by atoms with Crippen LogP contribution in [0.1, 0.15) is 10.4 Å². The van der Waals surface area contributed by atoms with Crippen LogP contribution in [-0.4, -0.2) is 11.0 Å². The lowest BCUT2D eigenvalue weighted by molar-refractivity contribution is 0.0950. The normalized spacial score (nSPS) is 10.5. The van der Waals surface area contributed by atoms with Crippen LogP contribution in [0.5, 0.6) is 5.75 Å². The first kappa shape index (κ1) is 11.4. The number of hydrazine groups is 1. The molecule has 1 heterocycles. The number of nitrogens with two attached hydrogens (primary N) is 1. The van der Waals surface area contributed by atoms with Crippen LogP contribution in [0, 0.1) is 0 Å². The number of nitrogen functional groups attached to an aromatic ring is 1. The van der Waals surface area contributed by atoms with Crippen LogP contribution < -0.4 is 16.9 Å². The van der Waals surface area contributed by atoms with Crippen LogP contribution >= 0.6 is 11.6 Å². The van der Waals surface area contributed by atoms with Gasteiger partial charge >= 0.3 is 5.63 Å². The zero-order valence-corrected chi connectivity index (χ0v) is 9.12. The molecule has 1 amide bonds. The molecule has 0 fully saturated rings. The minimum absolute atomic E-state index is 0.0884. The fourth-order valence-electron chi connectivity index (χ4n) is 1.36. The third-order valence-corrected chi connectivity index (χ3v) is 2.48. The van der Waals surface area contributed by atoms with E-state index >= 15 is 0 Å². The highest BCUT2D eigenvalue weighted by Gasteiger charge is 2.13. The highest BCUT2D eigenvalue weighted by Crippen LogP contribution is 2.28. The highest BCUT2D eigenvalue weighted by atomic mass is 35.5. The molecule has 0 radical (unpaired) electrons. The number of rotatable bonds is 1. The summed E-state index contributed by atoms with van der Waals surface area (Å²) in [5.41, 5.74) is 0.882. The molecule has 4 N–H and O–H groups in total. The van der Waals surface area contributed by atoms with E-state index < -0.39 is 11.5 Å². The van der Waals surface area contributed by atoms with Gasteiger partial charge in [-0.25, -0.2) is 10.6 Å². The third kappa shape index (κ3) is 1.95. The number of benzene rings is 1. The van der Waals surface area contributed by atoms with Crippen molar-refractivity contribution < 1.29 is 14.3 Å². The lowest BCUT2D eigenvalue weighted by Gasteiger charge is -2.02. The van der Waals surface area contributed by atoms with Gasteiger partial charge in [0, 0.05) is 11.5 Å². The maximum atomic E-state index is 11.4. The second kappa shape index (κ2) is 4.08. The average Bonchev–Trinajstić information content (AvgIpc) is 2.30. The van der Waals surface area contributed by atoms with Crippen molar-refractivity contribution in [3.05, 3.63) is 39.2 Å². The van der Waals surface area contributed by atoms with Crippen molar-refractivity contribution in [3.63, 3.8) is 0 Å². The van der Waals surface area contributed by atoms with Crippen molar-refractivity contribution in [2.75, 3.05) is 0 Å². The first-order chi connectivity index (χ1) is 8.02. The van der Waals surface area contributed by atoms with Gasteiger partial charge in [-0.3, -0.25) is 10.2 Å². The summed E-state index contributed by atoms with van der Waals surface area (Å²) < 4.78 is 4.86. The largest absolute Gasteiger partial charge is 0.506 e. The molecule has 7 heteroatoms. The van der Waals surface area contributed by atoms with Crippen molar-refractivity contribution in [2.45, 2.75) is 0 Å². The van der Waals surface area contributed by atoms with E-state index in [0.717, 1.165) is 0 Å². The van der Waals surface area contributed by atoms with E-state index in [0.29, 0.717) is 5.39 Å². The Labute approximate surface area is 99.6 Å². The zero-order valence-electron chi connectivity index (χ0n) is 8.36. The van der Waals surface area contributed by atoms with Crippen LogP contribution in [0.15, 0.2) is 27.4 Å². The van der Waals surface area contributed by atoms with Crippen molar-refractivity contribution in [2.24, 2.45) is 5.84 Å². The van der Waals surface area contributed by atoms with E-state index in [9.17, 15) is 14.7 Å². The average molecular weight is 255 g/mol. The Kier molecular flexibility index (Phi) is 2.74. The van der Waals surface area contributed by atoms with E-state index in [1.165, 1.54) is 18.2 Å². The molecule has 1 aromatic heterocycles. The number of nitrogens with one attached hydrogen (secondary N) is 1. The lowest BCUT2D eigenvalue weighted by atomic mass is 10.1. The Hall–Kier alpha value is -2.05. The predicted octanol–water partition coefficient (Wildman–Crippen LogP) is 0.755. The Morgan fingerprint density at radius 2 is 2.12 bits per heavy atom. The molecule has 2 aromatic rings. The van der Waals surface area contributed by atoms with Crippen LogP contribution in [-0.2, 0) is 0 Å². The Morgan fingerprint density at radius 1 is 1.41 bits per heavy atom. The summed E-state index contributed by atoms with van der Waals surface area (Å²) in [6.45, 7) is 0. The number of carbonyl (C=O) groups excluding carboxylic acids is 1. The summed E-state index contributed by atoms with van der Waals surface area (Å²) in [7, 11) is 0. The maximum Gasteiger partial charge on any atom is 0.349 e. The lowest BCUT2D eigenvalue weighted by Crippen LogP contribution is -2.33. The van der Waals surface area contributed by atoms with Gasteiger partial charge in [0.15, 0.2) is 0 Å². The molecule has 0 aliphatic heterocycles. The fourth-order valence-corrected chi connectivity index (χ4v) is 1.54. The van der Waals surface area contributed by atoms with E-state index in [1.54, 1.807) is 0 Å². The molecule has 0 saturated carbocycles. The number of phenolic OH excluding ortho intramolecular Hbond substituents is 1. The third-order valence-electron chi connectivity index (χ3n) is 2.18. The quantitative estimate of drug-likeness (QED) is 0.301. The Bertz CT molecular complexity index is 665. The second-order valence-electron chi connectivity index (χ2n) is 3.26. The molecule has 0 aliphatic rings. The van der Waals surface area contributed by atoms with E-state index in [-0.39, 0.29) is 21.9 Å². The van der Waals surface area contributed by atoms with Crippen LogP contribution in [0.3, 0.4) is 0 Å². The number of fused-ring (bicyclic) bond motifs is 1. The molecule has 0 aliphatic carbocycles. The Balaban J connectivity index is 2.76. The van der Waals surface area contributed by atoms with Gasteiger partial charge < -0.3 is 9.52 Å². The summed E-state index contributed by atoms with van der Waals surface area (Å²) in [6, 6.07) is 3.86. The molecule has 17 heavy (non-hydrogen) atoms. The van der Waals surface area contributed by atoms with E-state index in [2.05, 4.69) is 0 Å². The van der Waals surface area contributed by atoms with Gasteiger partial charge in [0.05, 0.1) is 5.02 Å². The zero-order chi connectivity index (χ0) is 12.6. The summed E-state index contributed by atoms with van der Waals surface area (Å²) in [6.07, 6.45) is 0. The summed E-state index contributed by atoms with van der Waals surface area (Å²) in [4.78, 5) is 22.7.